The summed E-state index contributed by atoms with van der Waals surface area (Å²) >= 11 is 1.51. The highest BCUT2D eigenvalue weighted by molar-refractivity contribution is 7.13. The molecule has 7 heteroatoms. The fourth-order valence-electron chi connectivity index (χ4n) is 3.87. The van der Waals surface area contributed by atoms with Gasteiger partial charge in [-0.1, -0.05) is 18.9 Å². The van der Waals surface area contributed by atoms with E-state index in [0.29, 0.717) is 38.5 Å². The van der Waals surface area contributed by atoms with E-state index in [1.807, 2.05) is 33.4 Å². The first kappa shape index (κ1) is 18.1. The van der Waals surface area contributed by atoms with Gasteiger partial charge in [0.25, 0.3) is 0 Å². The average Bonchev–Trinajstić information content (AvgIpc) is 3.40. The van der Waals surface area contributed by atoms with Crippen molar-refractivity contribution < 1.29 is 9.59 Å². The zero-order valence-corrected chi connectivity index (χ0v) is 16.2. The Hall–Kier alpha value is -2.28. The molecule has 2 aromatic rings. The summed E-state index contributed by atoms with van der Waals surface area (Å²) in [6, 6.07) is 5.73. The van der Waals surface area contributed by atoms with Crippen LogP contribution in [0.2, 0.25) is 0 Å². The summed E-state index contributed by atoms with van der Waals surface area (Å²) in [5.41, 5.74) is 1.62. The third kappa shape index (κ3) is 4.18. The number of rotatable bonds is 4. The molecule has 2 amide bonds. The zero-order valence-electron chi connectivity index (χ0n) is 15.3. The highest BCUT2D eigenvalue weighted by atomic mass is 32.1. The molecule has 1 aliphatic carbocycles. The van der Waals surface area contributed by atoms with Crippen LogP contribution < -0.4 is 0 Å². The SMILES string of the molecule is O=C(Cc1csc(-c2ccccn2)n1)N1CCN(C(=O)C2CCCC2)CC1. The molecule has 0 spiro atoms. The number of carbonyl (C=O) groups excluding carboxylic acids is 2. The van der Waals surface area contributed by atoms with Crippen molar-refractivity contribution in [1.82, 2.24) is 19.8 Å². The van der Waals surface area contributed by atoms with Gasteiger partial charge in [-0.3, -0.25) is 14.6 Å². The molecule has 6 nitrogen and oxygen atoms in total. The fraction of sp³-hybridized carbons (Fsp3) is 0.500. The van der Waals surface area contributed by atoms with E-state index in [-0.39, 0.29) is 11.8 Å². The molecule has 0 atom stereocenters. The highest BCUT2D eigenvalue weighted by Crippen LogP contribution is 2.27. The molecule has 0 bridgehead atoms. The maximum Gasteiger partial charge on any atom is 0.228 e. The van der Waals surface area contributed by atoms with E-state index < -0.39 is 0 Å². The number of nitrogens with zero attached hydrogens (tertiary/aromatic N) is 4. The number of hydrogen-bond donors (Lipinski definition) is 0. The van der Waals surface area contributed by atoms with Crippen LogP contribution in [0.15, 0.2) is 29.8 Å². The van der Waals surface area contributed by atoms with E-state index in [1.165, 1.54) is 24.2 Å². The standard InChI is InChI=1S/C20H24N4O2S/c25-18(13-16-14-27-19(22-16)17-7-3-4-8-21-17)23-9-11-24(12-10-23)20(26)15-5-1-2-6-15/h3-4,7-8,14-15H,1-2,5-6,9-13H2. The molecule has 2 aromatic heterocycles. The minimum absolute atomic E-state index is 0.0841. The number of thiazole rings is 1. The molecule has 1 saturated carbocycles. The third-order valence-electron chi connectivity index (χ3n) is 5.42. The van der Waals surface area contributed by atoms with Gasteiger partial charge in [0.1, 0.15) is 5.01 Å². The summed E-state index contributed by atoms with van der Waals surface area (Å²) in [4.78, 5) is 37.8. The van der Waals surface area contributed by atoms with Gasteiger partial charge in [-0.25, -0.2) is 4.98 Å². The number of pyridine rings is 1. The zero-order chi connectivity index (χ0) is 18.6. The van der Waals surface area contributed by atoms with Crippen LogP contribution in [0.25, 0.3) is 10.7 Å². The van der Waals surface area contributed by atoms with Crippen LogP contribution in [-0.2, 0) is 16.0 Å². The van der Waals surface area contributed by atoms with Crippen molar-refractivity contribution in [3.05, 3.63) is 35.5 Å². The minimum Gasteiger partial charge on any atom is -0.339 e. The second-order valence-electron chi connectivity index (χ2n) is 7.22. The fourth-order valence-corrected chi connectivity index (χ4v) is 4.66. The van der Waals surface area contributed by atoms with Gasteiger partial charge in [-0.15, -0.1) is 11.3 Å². The van der Waals surface area contributed by atoms with Crippen LogP contribution in [0, 0.1) is 5.92 Å². The smallest absolute Gasteiger partial charge is 0.228 e. The second kappa shape index (κ2) is 8.17. The molecule has 0 radical (unpaired) electrons. The van der Waals surface area contributed by atoms with Crippen molar-refractivity contribution in [2.24, 2.45) is 5.92 Å². The predicted molar refractivity (Wildman–Crippen MR) is 104 cm³/mol. The molecule has 4 rings (SSSR count). The Morgan fingerprint density at radius 1 is 1.07 bits per heavy atom. The Kier molecular flexibility index (Phi) is 5.48. The lowest BCUT2D eigenvalue weighted by Crippen LogP contribution is -2.52. The highest BCUT2D eigenvalue weighted by Gasteiger charge is 2.30. The molecular weight excluding hydrogens is 360 g/mol. The first-order valence-corrected chi connectivity index (χ1v) is 10.5. The van der Waals surface area contributed by atoms with E-state index in [1.54, 1.807) is 6.20 Å². The maximum absolute atomic E-state index is 12.6. The van der Waals surface area contributed by atoms with Crippen LogP contribution in [0.1, 0.15) is 31.4 Å². The van der Waals surface area contributed by atoms with E-state index in [4.69, 9.17) is 0 Å². The summed E-state index contributed by atoms with van der Waals surface area (Å²) in [5.74, 6) is 0.590. The lowest BCUT2D eigenvalue weighted by Gasteiger charge is -2.36. The molecule has 1 aliphatic heterocycles. The van der Waals surface area contributed by atoms with Crippen molar-refractivity contribution in [2.75, 3.05) is 26.2 Å². The van der Waals surface area contributed by atoms with Gasteiger partial charge in [-0.2, -0.15) is 0 Å². The van der Waals surface area contributed by atoms with Gasteiger partial charge in [-0.05, 0) is 25.0 Å². The minimum atomic E-state index is 0.0841. The Bertz CT molecular complexity index is 793. The summed E-state index contributed by atoms with van der Waals surface area (Å²) in [7, 11) is 0. The molecule has 0 N–H and O–H groups in total. The number of aromatic nitrogens is 2. The summed E-state index contributed by atoms with van der Waals surface area (Å²) in [6.45, 7) is 2.54. The lowest BCUT2D eigenvalue weighted by molar-refractivity contribution is -0.141. The van der Waals surface area contributed by atoms with E-state index in [0.717, 1.165) is 29.2 Å². The van der Waals surface area contributed by atoms with Gasteiger partial charge in [0.05, 0.1) is 17.8 Å². The summed E-state index contributed by atoms with van der Waals surface area (Å²) in [5, 5.41) is 2.77. The largest absolute Gasteiger partial charge is 0.339 e. The average molecular weight is 385 g/mol. The predicted octanol–water partition coefficient (Wildman–Crippen LogP) is 2.61. The summed E-state index contributed by atoms with van der Waals surface area (Å²) in [6.07, 6.45) is 6.45. The monoisotopic (exact) mass is 384 g/mol. The normalized spacial score (nSPS) is 18.1. The van der Waals surface area contributed by atoms with E-state index in [9.17, 15) is 9.59 Å². The van der Waals surface area contributed by atoms with Gasteiger partial charge >= 0.3 is 0 Å². The van der Waals surface area contributed by atoms with E-state index >= 15 is 0 Å². The quantitative estimate of drug-likeness (QED) is 0.813. The molecule has 27 heavy (non-hydrogen) atoms. The second-order valence-corrected chi connectivity index (χ2v) is 8.08. The molecule has 0 aromatic carbocycles. The molecule has 2 fully saturated rings. The maximum atomic E-state index is 12.6. The van der Waals surface area contributed by atoms with Crippen molar-refractivity contribution in [3.8, 4) is 10.7 Å². The van der Waals surface area contributed by atoms with Crippen LogP contribution in [-0.4, -0.2) is 57.8 Å². The Morgan fingerprint density at radius 2 is 1.81 bits per heavy atom. The van der Waals surface area contributed by atoms with Crippen LogP contribution >= 0.6 is 11.3 Å². The molecular formula is C20H24N4O2S. The number of carbonyl (C=O) groups is 2. The topological polar surface area (TPSA) is 66.4 Å². The Balaban J connectivity index is 1.30. The van der Waals surface area contributed by atoms with Crippen LogP contribution in [0.4, 0.5) is 0 Å². The number of amides is 2. The molecule has 2 aliphatic rings. The van der Waals surface area contributed by atoms with Crippen molar-refractivity contribution in [2.45, 2.75) is 32.1 Å². The first-order chi connectivity index (χ1) is 13.2. The van der Waals surface area contributed by atoms with Crippen molar-refractivity contribution in [3.63, 3.8) is 0 Å². The molecule has 0 unspecified atom stereocenters. The van der Waals surface area contributed by atoms with Crippen LogP contribution in [0.3, 0.4) is 0 Å². The van der Waals surface area contributed by atoms with Crippen molar-refractivity contribution >= 4 is 23.2 Å². The molecule has 1 saturated heterocycles. The number of piperazine rings is 1. The first-order valence-electron chi connectivity index (χ1n) is 9.63. The Labute approximate surface area is 163 Å². The third-order valence-corrected chi connectivity index (χ3v) is 6.33. The summed E-state index contributed by atoms with van der Waals surface area (Å²) < 4.78 is 0. The van der Waals surface area contributed by atoms with Crippen molar-refractivity contribution in [1.29, 1.82) is 0 Å². The van der Waals surface area contributed by atoms with Gasteiger partial charge in [0, 0.05) is 43.7 Å². The molecule has 142 valence electrons. The Morgan fingerprint density at radius 3 is 2.52 bits per heavy atom. The van der Waals surface area contributed by atoms with Crippen LogP contribution in [0.5, 0.6) is 0 Å². The number of hydrogen-bond acceptors (Lipinski definition) is 5. The van der Waals surface area contributed by atoms with E-state index in [2.05, 4.69) is 9.97 Å². The lowest BCUT2D eigenvalue weighted by atomic mass is 10.1. The van der Waals surface area contributed by atoms with Gasteiger partial charge < -0.3 is 9.80 Å². The van der Waals surface area contributed by atoms with Gasteiger partial charge in [0.2, 0.25) is 11.8 Å². The van der Waals surface area contributed by atoms with Gasteiger partial charge in [0.15, 0.2) is 0 Å². The molecule has 3 heterocycles.